The van der Waals surface area contributed by atoms with Crippen molar-refractivity contribution in [1.29, 1.82) is 0 Å². The molecular formula is C17H24N2O2S. The number of likely N-dealkylation sites (tertiary alicyclic amines) is 1. The van der Waals surface area contributed by atoms with Crippen LogP contribution in [-0.4, -0.2) is 35.1 Å². The average molecular weight is 320 g/mol. The molecule has 4 nitrogen and oxygen atoms in total. The van der Waals surface area contributed by atoms with E-state index in [0.29, 0.717) is 16.4 Å². The number of thiocarbonyl (C=S) groups is 1. The predicted octanol–water partition coefficient (Wildman–Crippen LogP) is 3.36. The van der Waals surface area contributed by atoms with Crippen molar-refractivity contribution in [1.82, 2.24) is 10.2 Å². The van der Waals surface area contributed by atoms with Crippen LogP contribution < -0.4 is 10.1 Å². The first-order valence-electron chi connectivity index (χ1n) is 7.93. The van der Waals surface area contributed by atoms with Gasteiger partial charge in [-0.2, -0.15) is 0 Å². The van der Waals surface area contributed by atoms with Gasteiger partial charge in [0.25, 0.3) is 5.91 Å². The third-order valence-corrected chi connectivity index (χ3v) is 3.94. The van der Waals surface area contributed by atoms with Crippen molar-refractivity contribution in [3.05, 3.63) is 29.8 Å². The summed E-state index contributed by atoms with van der Waals surface area (Å²) in [6.45, 7) is 5.77. The standard InChI is InChI=1S/C17H24N2O2S/c1-13(2)21-15-9-7-8-14(12-15)16(20)18-17(22)19-10-5-3-4-6-11-19/h7-9,12-13H,3-6,10-11H2,1-2H3,(H,18,20,22). The van der Waals surface area contributed by atoms with Crippen LogP contribution in [0.1, 0.15) is 49.9 Å². The zero-order valence-corrected chi connectivity index (χ0v) is 14.1. The summed E-state index contributed by atoms with van der Waals surface area (Å²) in [6.07, 6.45) is 4.82. The van der Waals surface area contributed by atoms with Gasteiger partial charge in [-0.05, 0) is 57.1 Å². The second-order valence-corrected chi connectivity index (χ2v) is 6.24. The minimum absolute atomic E-state index is 0.0801. The average Bonchev–Trinajstić information content (AvgIpc) is 2.76. The molecule has 0 aromatic heterocycles. The number of carbonyl (C=O) groups excluding carboxylic acids is 1. The molecular weight excluding hydrogens is 296 g/mol. The maximum Gasteiger partial charge on any atom is 0.257 e. The highest BCUT2D eigenvalue weighted by Crippen LogP contribution is 2.15. The molecule has 0 radical (unpaired) electrons. The number of nitrogens with zero attached hydrogens (tertiary/aromatic N) is 1. The fourth-order valence-electron chi connectivity index (χ4n) is 2.50. The third-order valence-electron chi connectivity index (χ3n) is 3.58. The van der Waals surface area contributed by atoms with E-state index in [9.17, 15) is 4.79 Å². The Bertz CT molecular complexity index is 523. The van der Waals surface area contributed by atoms with Gasteiger partial charge < -0.3 is 9.64 Å². The van der Waals surface area contributed by atoms with Crippen molar-refractivity contribution in [2.45, 2.75) is 45.6 Å². The van der Waals surface area contributed by atoms with Gasteiger partial charge in [0.1, 0.15) is 5.75 Å². The second-order valence-electron chi connectivity index (χ2n) is 5.85. The summed E-state index contributed by atoms with van der Waals surface area (Å²) < 4.78 is 5.62. The molecule has 0 bridgehead atoms. The molecule has 1 fully saturated rings. The molecule has 0 atom stereocenters. The number of ether oxygens (including phenoxy) is 1. The lowest BCUT2D eigenvalue weighted by molar-refractivity contribution is 0.0972. The maximum absolute atomic E-state index is 12.3. The van der Waals surface area contributed by atoms with Crippen molar-refractivity contribution in [2.24, 2.45) is 0 Å². The molecule has 1 amide bonds. The van der Waals surface area contributed by atoms with E-state index in [1.54, 1.807) is 12.1 Å². The van der Waals surface area contributed by atoms with Crippen molar-refractivity contribution in [3.63, 3.8) is 0 Å². The summed E-state index contributed by atoms with van der Waals surface area (Å²) in [5.41, 5.74) is 0.565. The van der Waals surface area contributed by atoms with E-state index in [0.717, 1.165) is 25.9 Å². The van der Waals surface area contributed by atoms with E-state index < -0.39 is 0 Å². The topological polar surface area (TPSA) is 41.6 Å². The van der Waals surface area contributed by atoms with E-state index in [-0.39, 0.29) is 12.0 Å². The second kappa shape index (κ2) is 8.13. The monoisotopic (exact) mass is 320 g/mol. The van der Waals surface area contributed by atoms with Crippen molar-refractivity contribution in [3.8, 4) is 5.75 Å². The minimum Gasteiger partial charge on any atom is -0.491 e. The number of amides is 1. The van der Waals surface area contributed by atoms with Crippen LogP contribution in [0.25, 0.3) is 0 Å². The summed E-state index contributed by atoms with van der Waals surface area (Å²) in [7, 11) is 0. The van der Waals surface area contributed by atoms with Gasteiger partial charge in [0.05, 0.1) is 6.10 Å². The Labute approximate surface area is 137 Å². The molecule has 1 aromatic carbocycles. The number of carbonyl (C=O) groups is 1. The lowest BCUT2D eigenvalue weighted by Crippen LogP contribution is -2.43. The van der Waals surface area contributed by atoms with Gasteiger partial charge in [-0.1, -0.05) is 18.9 Å². The highest BCUT2D eigenvalue weighted by Gasteiger charge is 2.15. The van der Waals surface area contributed by atoms with Crippen LogP contribution >= 0.6 is 12.2 Å². The largest absolute Gasteiger partial charge is 0.491 e. The molecule has 0 saturated carbocycles. The fraction of sp³-hybridized carbons (Fsp3) is 0.529. The Balaban J connectivity index is 1.97. The zero-order valence-electron chi connectivity index (χ0n) is 13.3. The van der Waals surface area contributed by atoms with Gasteiger partial charge in [0, 0.05) is 18.7 Å². The molecule has 1 aliphatic heterocycles. The molecule has 1 aromatic rings. The zero-order chi connectivity index (χ0) is 15.9. The Morgan fingerprint density at radius 3 is 2.55 bits per heavy atom. The number of benzene rings is 1. The molecule has 2 rings (SSSR count). The van der Waals surface area contributed by atoms with E-state index >= 15 is 0 Å². The summed E-state index contributed by atoms with van der Waals surface area (Å²) in [6, 6.07) is 7.19. The Kier molecular flexibility index (Phi) is 6.19. The molecule has 1 saturated heterocycles. The number of hydrogen-bond donors (Lipinski definition) is 1. The molecule has 0 spiro atoms. The Hall–Kier alpha value is -1.62. The van der Waals surface area contributed by atoms with Crippen LogP contribution in [0.2, 0.25) is 0 Å². The van der Waals surface area contributed by atoms with E-state index in [1.165, 1.54) is 12.8 Å². The summed E-state index contributed by atoms with van der Waals surface area (Å²) in [4.78, 5) is 14.4. The van der Waals surface area contributed by atoms with E-state index in [2.05, 4.69) is 10.2 Å². The summed E-state index contributed by atoms with van der Waals surface area (Å²) in [5, 5.41) is 3.37. The van der Waals surface area contributed by atoms with Crippen LogP contribution in [-0.2, 0) is 0 Å². The van der Waals surface area contributed by atoms with Crippen LogP contribution in [0, 0.1) is 0 Å². The van der Waals surface area contributed by atoms with Crippen LogP contribution in [0.5, 0.6) is 5.75 Å². The minimum atomic E-state index is -0.177. The van der Waals surface area contributed by atoms with Crippen molar-refractivity contribution in [2.75, 3.05) is 13.1 Å². The normalized spacial score (nSPS) is 15.3. The first kappa shape index (κ1) is 16.7. The van der Waals surface area contributed by atoms with Crippen LogP contribution in [0.4, 0.5) is 0 Å². The van der Waals surface area contributed by atoms with Gasteiger partial charge in [-0.25, -0.2) is 0 Å². The lowest BCUT2D eigenvalue weighted by Gasteiger charge is -2.23. The molecule has 1 heterocycles. The quantitative estimate of drug-likeness (QED) is 0.867. The fourth-order valence-corrected chi connectivity index (χ4v) is 2.78. The van der Waals surface area contributed by atoms with Gasteiger partial charge >= 0.3 is 0 Å². The molecule has 0 unspecified atom stereocenters. The Morgan fingerprint density at radius 2 is 1.91 bits per heavy atom. The smallest absolute Gasteiger partial charge is 0.257 e. The van der Waals surface area contributed by atoms with Crippen molar-refractivity contribution >= 4 is 23.2 Å². The van der Waals surface area contributed by atoms with E-state index in [4.69, 9.17) is 17.0 Å². The maximum atomic E-state index is 12.3. The van der Waals surface area contributed by atoms with Gasteiger partial charge in [-0.3, -0.25) is 10.1 Å². The highest BCUT2D eigenvalue weighted by atomic mass is 32.1. The molecule has 1 N–H and O–H groups in total. The molecule has 22 heavy (non-hydrogen) atoms. The van der Waals surface area contributed by atoms with Gasteiger partial charge in [0.2, 0.25) is 0 Å². The van der Waals surface area contributed by atoms with Crippen molar-refractivity contribution < 1.29 is 9.53 Å². The number of nitrogens with one attached hydrogen (secondary N) is 1. The summed E-state index contributed by atoms with van der Waals surface area (Å²) >= 11 is 5.38. The first-order chi connectivity index (χ1) is 10.6. The number of rotatable bonds is 3. The third kappa shape index (κ3) is 4.98. The number of hydrogen-bond acceptors (Lipinski definition) is 3. The molecule has 5 heteroatoms. The summed E-state index contributed by atoms with van der Waals surface area (Å²) in [5.74, 6) is 0.520. The molecule has 1 aliphatic rings. The Morgan fingerprint density at radius 1 is 1.23 bits per heavy atom. The first-order valence-corrected chi connectivity index (χ1v) is 8.34. The van der Waals surface area contributed by atoms with E-state index in [1.807, 2.05) is 26.0 Å². The SMILES string of the molecule is CC(C)Oc1cccc(C(=O)NC(=S)N2CCCCCC2)c1. The van der Waals surface area contributed by atoms with Crippen LogP contribution in [0.3, 0.4) is 0 Å². The van der Waals surface area contributed by atoms with Crippen LogP contribution in [0.15, 0.2) is 24.3 Å². The predicted molar refractivity (Wildman–Crippen MR) is 92.3 cm³/mol. The lowest BCUT2D eigenvalue weighted by atomic mass is 10.2. The molecule has 120 valence electrons. The molecule has 0 aliphatic carbocycles. The van der Waals surface area contributed by atoms with Gasteiger partial charge in [0.15, 0.2) is 5.11 Å². The highest BCUT2D eigenvalue weighted by molar-refractivity contribution is 7.80. The van der Waals surface area contributed by atoms with Gasteiger partial charge in [-0.15, -0.1) is 0 Å².